The first kappa shape index (κ1) is 22.1. The monoisotopic (exact) mass is 426 g/mol. The normalized spacial score (nSPS) is 14.0. The number of hydrogen-bond donors (Lipinski definition) is 1. The van der Waals surface area contributed by atoms with Crippen LogP contribution in [0.15, 0.2) is 78.9 Å². The highest BCUT2D eigenvalue weighted by molar-refractivity contribution is 7.67. The first-order valence-electron chi connectivity index (χ1n) is 10.0. The van der Waals surface area contributed by atoms with Crippen molar-refractivity contribution >= 4 is 24.0 Å². The van der Waals surface area contributed by atoms with Crippen molar-refractivity contribution in [3.05, 3.63) is 90.2 Å². The molecule has 0 heterocycles. The second kappa shape index (κ2) is 9.92. The molecule has 0 aliphatic carbocycles. The fourth-order valence-electron chi connectivity index (χ4n) is 3.22. The van der Waals surface area contributed by atoms with Crippen LogP contribution in [0, 0.1) is 5.82 Å². The second-order valence-corrected chi connectivity index (χ2v) is 9.76. The molecule has 4 nitrogen and oxygen atoms in total. The summed E-state index contributed by atoms with van der Waals surface area (Å²) < 4.78 is 35.3. The molecule has 6 heteroatoms. The van der Waals surface area contributed by atoms with Crippen molar-refractivity contribution in [3.63, 3.8) is 0 Å². The first-order chi connectivity index (χ1) is 14.5. The summed E-state index contributed by atoms with van der Waals surface area (Å²) in [6.45, 7) is 2.27. The molecule has 2 atom stereocenters. The van der Waals surface area contributed by atoms with Crippen molar-refractivity contribution in [2.45, 2.75) is 19.1 Å². The van der Waals surface area contributed by atoms with Gasteiger partial charge >= 0.3 is 0 Å². The number of nitrogens with zero attached hydrogens (tertiary/aromatic N) is 1. The maximum absolute atomic E-state index is 14.9. The molecule has 0 aliphatic rings. The summed E-state index contributed by atoms with van der Waals surface area (Å²) in [7, 11) is 0.359. The molecule has 0 bridgehead atoms. The van der Waals surface area contributed by atoms with E-state index in [1.807, 2.05) is 80.5 Å². The van der Waals surface area contributed by atoms with Crippen LogP contribution >= 0.6 is 7.37 Å². The third-order valence-electron chi connectivity index (χ3n) is 4.83. The molecule has 1 N–H and O–H groups in total. The van der Waals surface area contributed by atoms with Crippen LogP contribution in [0.1, 0.15) is 24.7 Å². The average Bonchev–Trinajstić information content (AvgIpc) is 2.77. The Morgan fingerprint density at radius 1 is 0.967 bits per heavy atom. The number of rotatable bonds is 9. The smallest absolute Gasteiger partial charge is 0.258 e. The summed E-state index contributed by atoms with van der Waals surface area (Å²) in [6, 6.07) is 23.2. The minimum atomic E-state index is -3.53. The van der Waals surface area contributed by atoms with Crippen LogP contribution in [-0.4, -0.2) is 20.7 Å². The lowest BCUT2D eigenvalue weighted by Gasteiger charge is -2.30. The molecular formula is C24H28FN2O2P. The molecule has 0 saturated carbocycles. The zero-order chi connectivity index (χ0) is 21.6. The zero-order valence-electron chi connectivity index (χ0n) is 17.6. The van der Waals surface area contributed by atoms with Gasteiger partial charge in [-0.1, -0.05) is 43.3 Å². The molecule has 158 valence electrons. The quantitative estimate of drug-likeness (QED) is 0.424. The van der Waals surface area contributed by atoms with Gasteiger partial charge < -0.3 is 14.7 Å². The SMILES string of the molecule is CCCOP(=O)(c1ccc(N(C)C)cc1)C(Nc1ccccc1)c1ccccc1F. The Bertz CT molecular complexity index is 994. The lowest BCUT2D eigenvalue weighted by molar-refractivity contribution is 0.314. The molecule has 0 aliphatic heterocycles. The van der Waals surface area contributed by atoms with Crippen LogP contribution in [0.5, 0.6) is 0 Å². The Morgan fingerprint density at radius 3 is 2.20 bits per heavy atom. The molecule has 0 spiro atoms. The maximum Gasteiger partial charge on any atom is 0.258 e. The molecule has 0 fully saturated rings. The van der Waals surface area contributed by atoms with E-state index in [-0.39, 0.29) is 0 Å². The summed E-state index contributed by atoms with van der Waals surface area (Å²) in [4.78, 5) is 1.97. The molecule has 30 heavy (non-hydrogen) atoms. The minimum absolute atomic E-state index is 0.314. The largest absolute Gasteiger partial charge is 0.378 e. The molecule has 3 rings (SSSR count). The molecule has 3 aromatic rings. The molecule has 0 saturated heterocycles. The summed E-state index contributed by atoms with van der Waals surface area (Å²) in [5, 5.41) is 3.84. The number of nitrogens with one attached hydrogen (secondary N) is 1. The Morgan fingerprint density at radius 2 is 1.60 bits per heavy atom. The highest BCUT2D eigenvalue weighted by Crippen LogP contribution is 2.59. The lowest BCUT2D eigenvalue weighted by Crippen LogP contribution is -2.22. The van der Waals surface area contributed by atoms with E-state index < -0.39 is 19.0 Å². The van der Waals surface area contributed by atoms with Gasteiger partial charge in [0.2, 0.25) is 0 Å². The van der Waals surface area contributed by atoms with Crippen LogP contribution in [0.3, 0.4) is 0 Å². The second-order valence-electron chi connectivity index (χ2n) is 7.28. The van der Waals surface area contributed by atoms with Gasteiger partial charge in [-0.15, -0.1) is 0 Å². The van der Waals surface area contributed by atoms with Crippen molar-refractivity contribution in [1.29, 1.82) is 0 Å². The van der Waals surface area contributed by atoms with Crippen LogP contribution in [0.4, 0.5) is 15.8 Å². The van der Waals surface area contributed by atoms with E-state index in [1.165, 1.54) is 6.07 Å². The van der Waals surface area contributed by atoms with Crippen LogP contribution in [0.2, 0.25) is 0 Å². The van der Waals surface area contributed by atoms with Gasteiger partial charge in [-0.3, -0.25) is 4.57 Å². The summed E-state index contributed by atoms with van der Waals surface area (Å²) in [6.07, 6.45) is 0.703. The maximum atomic E-state index is 14.9. The molecule has 2 unspecified atom stereocenters. The lowest BCUT2D eigenvalue weighted by atomic mass is 10.2. The molecule has 0 radical (unpaired) electrons. The van der Waals surface area contributed by atoms with Crippen LogP contribution < -0.4 is 15.5 Å². The minimum Gasteiger partial charge on any atom is -0.378 e. The first-order valence-corrected chi connectivity index (χ1v) is 11.7. The predicted octanol–water partition coefficient (Wildman–Crippen LogP) is 6.03. The van der Waals surface area contributed by atoms with Gasteiger partial charge in [0.05, 0.1) is 6.61 Å². The fourth-order valence-corrected chi connectivity index (χ4v) is 5.73. The van der Waals surface area contributed by atoms with E-state index in [0.717, 1.165) is 11.4 Å². The molecule has 0 aromatic heterocycles. The van der Waals surface area contributed by atoms with Gasteiger partial charge in [-0.25, -0.2) is 4.39 Å². The number of hydrogen-bond acceptors (Lipinski definition) is 4. The molecule has 3 aromatic carbocycles. The third-order valence-corrected chi connectivity index (χ3v) is 7.50. The van der Waals surface area contributed by atoms with E-state index in [4.69, 9.17) is 4.52 Å². The van der Waals surface area contributed by atoms with E-state index in [1.54, 1.807) is 18.2 Å². The van der Waals surface area contributed by atoms with E-state index in [2.05, 4.69) is 5.32 Å². The Balaban J connectivity index is 2.13. The van der Waals surface area contributed by atoms with E-state index in [9.17, 15) is 8.96 Å². The average molecular weight is 426 g/mol. The third kappa shape index (κ3) is 4.92. The van der Waals surface area contributed by atoms with Gasteiger partial charge in [-0.2, -0.15) is 0 Å². The van der Waals surface area contributed by atoms with Gasteiger partial charge in [0.1, 0.15) is 11.6 Å². The van der Waals surface area contributed by atoms with Gasteiger partial charge in [0, 0.05) is 36.3 Å². The Hall–Kier alpha value is -2.62. The van der Waals surface area contributed by atoms with Crippen molar-refractivity contribution in [2.24, 2.45) is 0 Å². The topological polar surface area (TPSA) is 41.6 Å². The molecular weight excluding hydrogens is 398 g/mol. The standard InChI is InChI=1S/C24H28FN2O2P/c1-4-18-29-30(28,21-16-14-20(15-17-21)27(2)3)24(22-12-8-9-13-23(22)25)26-19-10-6-5-7-11-19/h5-17,24,26H,4,18H2,1-3H3. The Kier molecular flexibility index (Phi) is 7.30. The summed E-state index contributed by atoms with van der Waals surface area (Å²) >= 11 is 0. The van der Waals surface area contributed by atoms with Crippen LogP contribution in [0.25, 0.3) is 0 Å². The highest BCUT2D eigenvalue weighted by Gasteiger charge is 2.39. The number of anilines is 2. The number of benzene rings is 3. The fraction of sp³-hybridized carbons (Fsp3) is 0.250. The molecule has 0 amide bonds. The summed E-state index contributed by atoms with van der Waals surface area (Å²) in [5.74, 6) is -1.28. The van der Waals surface area contributed by atoms with Gasteiger partial charge in [0.15, 0.2) is 0 Å². The summed E-state index contributed by atoms with van der Waals surface area (Å²) in [5.41, 5.74) is 2.05. The van der Waals surface area contributed by atoms with Crippen molar-refractivity contribution < 1.29 is 13.5 Å². The van der Waals surface area contributed by atoms with Gasteiger partial charge in [-0.05, 0) is 48.9 Å². The van der Waals surface area contributed by atoms with Gasteiger partial charge in [0.25, 0.3) is 7.37 Å². The van der Waals surface area contributed by atoms with Crippen molar-refractivity contribution in [2.75, 3.05) is 30.9 Å². The Labute approximate surface area is 178 Å². The van der Waals surface area contributed by atoms with Crippen LogP contribution in [-0.2, 0) is 9.09 Å². The highest BCUT2D eigenvalue weighted by atomic mass is 31.2. The predicted molar refractivity (Wildman–Crippen MR) is 123 cm³/mol. The van der Waals surface area contributed by atoms with E-state index >= 15 is 0 Å². The van der Waals surface area contributed by atoms with E-state index in [0.29, 0.717) is 23.9 Å². The van der Waals surface area contributed by atoms with Crippen molar-refractivity contribution in [1.82, 2.24) is 0 Å². The van der Waals surface area contributed by atoms with Crippen molar-refractivity contribution in [3.8, 4) is 0 Å². The zero-order valence-corrected chi connectivity index (χ0v) is 18.5. The number of halogens is 1. The number of para-hydroxylation sites is 1.